The zero-order chi connectivity index (χ0) is 7.56. The lowest BCUT2D eigenvalue weighted by atomic mass is 10.0. The Morgan fingerprint density at radius 1 is 1.64 bits per heavy atom. The van der Waals surface area contributed by atoms with Gasteiger partial charge in [-0.25, -0.2) is 0 Å². The van der Waals surface area contributed by atoms with Gasteiger partial charge in [-0.1, -0.05) is 0 Å². The Labute approximate surface area is 73.5 Å². The summed E-state index contributed by atoms with van der Waals surface area (Å²) in [6.07, 6.45) is 1.81. The molecule has 1 amide bonds. The number of hydrogen-bond acceptors (Lipinski definition) is 2. The van der Waals surface area contributed by atoms with Crippen LogP contribution in [0.25, 0.3) is 0 Å². The lowest BCUT2D eigenvalue weighted by molar-refractivity contribution is -0.129. The number of halogens is 1. The van der Waals surface area contributed by atoms with Gasteiger partial charge in [0.1, 0.15) is 0 Å². The predicted octanol–water partition coefficient (Wildman–Crippen LogP) is 0.248. The molecule has 0 spiro atoms. The minimum Gasteiger partial charge on any atom is -0.349 e. The minimum atomic E-state index is 0. The van der Waals surface area contributed by atoms with E-state index in [1.165, 1.54) is 0 Å². The molecule has 1 aliphatic heterocycles. The Morgan fingerprint density at radius 2 is 2.18 bits per heavy atom. The van der Waals surface area contributed by atoms with Crippen molar-refractivity contribution in [2.75, 3.05) is 20.6 Å². The van der Waals surface area contributed by atoms with Crippen LogP contribution in [0.4, 0.5) is 0 Å². The largest absolute Gasteiger partial charge is 0.349 e. The number of hydrogen-bond donors (Lipinski definition) is 1. The fourth-order valence-electron chi connectivity index (χ4n) is 0.916. The summed E-state index contributed by atoms with van der Waals surface area (Å²) in [6, 6.07) is 0.454. The number of carbonyl (C=O) groups excluding carboxylic acids is 1. The third-order valence-corrected chi connectivity index (χ3v) is 1.85. The van der Waals surface area contributed by atoms with Crippen molar-refractivity contribution in [3.63, 3.8) is 0 Å². The van der Waals surface area contributed by atoms with E-state index in [9.17, 15) is 4.79 Å². The molecule has 1 aliphatic rings. The average Bonchev–Trinajstić information content (AvgIpc) is 1.77. The topological polar surface area (TPSA) is 32.3 Å². The second-order valence-electron chi connectivity index (χ2n) is 2.93. The molecule has 0 unspecified atom stereocenters. The van der Waals surface area contributed by atoms with Crippen molar-refractivity contribution in [1.29, 1.82) is 0 Å². The molecule has 0 radical (unpaired) electrons. The SMILES string of the molecule is CN(C)C(=O)C[C@@H]1CCN1.Cl. The van der Waals surface area contributed by atoms with E-state index in [1.54, 1.807) is 19.0 Å². The van der Waals surface area contributed by atoms with Gasteiger partial charge >= 0.3 is 0 Å². The first-order valence-electron chi connectivity index (χ1n) is 3.63. The molecular weight excluding hydrogens is 164 g/mol. The Bertz CT molecular complexity index is 134. The maximum Gasteiger partial charge on any atom is 0.223 e. The lowest BCUT2D eigenvalue weighted by Gasteiger charge is -2.27. The van der Waals surface area contributed by atoms with Crippen molar-refractivity contribution in [3.05, 3.63) is 0 Å². The smallest absolute Gasteiger partial charge is 0.223 e. The molecule has 1 heterocycles. The standard InChI is InChI=1S/C7H14N2O.ClH/c1-9(2)7(10)5-6-3-4-8-6;/h6,8H,3-5H2,1-2H3;1H/t6-;/m0./s1. The Morgan fingerprint density at radius 3 is 2.45 bits per heavy atom. The maximum atomic E-state index is 11.0. The Kier molecular flexibility index (Phi) is 4.45. The Balaban J connectivity index is 0.000001000. The zero-order valence-electron chi connectivity index (χ0n) is 6.96. The van der Waals surface area contributed by atoms with Crippen LogP contribution in [-0.4, -0.2) is 37.5 Å². The third kappa shape index (κ3) is 3.08. The summed E-state index contributed by atoms with van der Waals surface area (Å²) >= 11 is 0. The predicted molar refractivity (Wildman–Crippen MR) is 47.0 cm³/mol. The number of nitrogens with zero attached hydrogens (tertiary/aromatic N) is 1. The van der Waals surface area contributed by atoms with Gasteiger partial charge in [0.2, 0.25) is 5.91 Å². The van der Waals surface area contributed by atoms with Crippen molar-refractivity contribution in [2.45, 2.75) is 18.9 Å². The van der Waals surface area contributed by atoms with Crippen LogP contribution in [0, 0.1) is 0 Å². The van der Waals surface area contributed by atoms with E-state index in [4.69, 9.17) is 0 Å². The van der Waals surface area contributed by atoms with Crippen LogP contribution < -0.4 is 5.32 Å². The quantitative estimate of drug-likeness (QED) is 0.658. The normalized spacial score (nSPS) is 21.5. The van der Waals surface area contributed by atoms with Gasteiger partial charge in [-0.05, 0) is 13.0 Å². The summed E-state index contributed by atoms with van der Waals surface area (Å²) in [7, 11) is 3.59. The number of nitrogens with one attached hydrogen (secondary N) is 1. The number of rotatable bonds is 2. The summed E-state index contributed by atoms with van der Waals surface area (Å²) in [6.45, 7) is 1.07. The fraction of sp³-hybridized carbons (Fsp3) is 0.857. The molecule has 4 heteroatoms. The van der Waals surface area contributed by atoms with Crippen LogP contribution in [0.3, 0.4) is 0 Å². The average molecular weight is 179 g/mol. The number of carbonyl (C=O) groups is 1. The molecule has 0 saturated carbocycles. The van der Waals surface area contributed by atoms with Crippen molar-refractivity contribution in [3.8, 4) is 0 Å². The summed E-state index contributed by atoms with van der Waals surface area (Å²) in [5.41, 5.74) is 0. The monoisotopic (exact) mass is 178 g/mol. The molecule has 0 aliphatic carbocycles. The van der Waals surface area contributed by atoms with Gasteiger partial charge in [-0.3, -0.25) is 4.79 Å². The van der Waals surface area contributed by atoms with Crippen molar-refractivity contribution in [2.24, 2.45) is 0 Å². The molecule has 0 aromatic rings. The van der Waals surface area contributed by atoms with Crippen molar-refractivity contribution >= 4 is 18.3 Å². The second-order valence-corrected chi connectivity index (χ2v) is 2.93. The highest BCUT2D eigenvalue weighted by Gasteiger charge is 2.20. The van der Waals surface area contributed by atoms with Crippen LogP contribution in [0.2, 0.25) is 0 Å². The van der Waals surface area contributed by atoms with Gasteiger partial charge in [0, 0.05) is 26.6 Å². The van der Waals surface area contributed by atoms with Gasteiger partial charge in [-0.15, -0.1) is 12.4 Å². The van der Waals surface area contributed by atoms with E-state index in [1.807, 2.05) is 0 Å². The second kappa shape index (κ2) is 4.57. The molecule has 66 valence electrons. The van der Waals surface area contributed by atoms with E-state index in [0.29, 0.717) is 12.5 Å². The third-order valence-electron chi connectivity index (χ3n) is 1.85. The van der Waals surface area contributed by atoms with Crippen LogP contribution in [0.15, 0.2) is 0 Å². The van der Waals surface area contributed by atoms with E-state index in [0.717, 1.165) is 13.0 Å². The highest BCUT2D eigenvalue weighted by Crippen LogP contribution is 2.06. The van der Waals surface area contributed by atoms with E-state index in [-0.39, 0.29) is 18.3 Å². The van der Waals surface area contributed by atoms with Gasteiger partial charge in [0.15, 0.2) is 0 Å². The van der Waals surface area contributed by atoms with Gasteiger partial charge < -0.3 is 10.2 Å². The fourth-order valence-corrected chi connectivity index (χ4v) is 0.916. The molecule has 11 heavy (non-hydrogen) atoms. The molecule has 1 rings (SSSR count). The summed E-state index contributed by atoms with van der Waals surface area (Å²) in [5, 5.41) is 3.18. The highest BCUT2D eigenvalue weighted by molar-refractivity contribution is 5.85. The molecule has 1 fully saturated rings. The van der Waals surface area contributed by atoms with Gasteiger partial charge in [0.05, 0.1) is 0 Å². The molecule has 0 bridgehead atoms. The summed E-state index contributed by atoms with van der Waals surface area (Å²) in [4.78, 5) is 12.7. The molecule has 1 N–H and O–H groups in total. The zero-order valence-corrected chi connectivity index (χ0v) is 7.78. The van der Waals surface area contributed by atoms with Crippen LogP contribution in [0.1, 0.15) is 12.8 Å². The molecule has 1 saturated heterocycles. The maximum absolute atomic E-state index is 11.0. The summed E-state index contributed by atoms with van der Waals surface area (Å²) < 4.78 is 0. The van der Waals surface area contributed by atoms with Crippen LogP contribution >= 0.6 is 12.4 Å². The van der Waals surface area contributed by atoms with Crippen LogP contribution in [0.5, 0.6) is 0 Å². The molecule has 0 aromatic heterocycles. The van der Waals surface area contributed by atoms with Gasteiger partial charge in [-0.2, -0.15) is 0 Å². The lowest BCUT2D eigenvalue weighted by Crippen LogP contribution is -2.45. The number of amides is 1. The van der Waals surface area contributed by atoms with Crippen molar-refractivity contribution < 1.29 is 4.79 Å². The molecule has 3 nitrogen and oxygen atoms in total. The molecular formula is C7H15ClN2O. The van der Waals surface area contributed by atoms with Crippen LogP contribution in [-0.2, 0) is 4.79 Å². The van der Waals surface area contributed by atoms with E-state index in [2.05, 4.69) is 5.32 Å². The summed E-state index contributed by atoms with van der Waals surface area (Å²) in [5.74, 6) is 0.220. The first-order valence-corrected chi connectivity index (χ1v) is 3.63. The van der Waals surface area contributed by atoms with Gasteiger partial charge in [0.25, 0.3) is 0 Å². The van der Waals surface area contributed by atoms with E-state index >= 15 is 0 Å². The molecule has 1 atom stereocenters. The minimum absolute atomic E-state index is 0. The highest BCUT2D eigenvalue weighted by atomic mass is 35.5. The first-order chi connectivity index (χ1) is 4.70. The molecule has 0 aromatic carbocycles. The van der Waals surface area contributed by atoms with E-state index < -0.39 is 0 Å². The first kappa shape index (κ1) is 10.7. The Hall–Kier alpha value is -0.280. The van der Waals surface area contributed by atoms with Crippen molar-refractivity contribution in [1.82, 2.24) is 10.2 Å².